The Morgan fingerprint density at radius 1 is 1.12 bits per heavy atom. The molecule has 2 aliphatic rings. The van der Waals surface area contributed by atoms with Gasteiger partial charge in [0.25, 0.3) is 5.91 Å². The Morgan fingerprint density at radius 2 is 1.79 bits per heavy atom. The number of hydrogen-bond donors (Lipinski definition) is 0. The highest BCUT2D eigenvalue weighted by Gasteiger charge is 2.36. The van der Waals surface area contributed by atoms with E-state index in [1.807, 2.05) is 46.1 Å². The van der Waals surface area contributed by atoms with Crippen molar-refractivity contribution in [1.82, 2.24) is 14.5 Å². The molecular weight excluding hydrogens is 318 g/mol. The van der Waals surface area contributed by atoms with Crippen LogP contribution in [0.3, 0.4) is 0 Å². The van der Waals surface area contributed by atoms with Gasteiger partial charge in [0, 0.05) is 18.8 Å². The lowest BCUT2D eigenvalue weighted by molar-refractivity contribution is 0.0775. The Balaban J connectivity index is 1.65. The molecule has 1 aromatic carbocycles. The lowest BCUT2D eigenvalue weighted by atomic mass is 9.86. The number of hydrogen-bond acceptors (Lipinski definition) is 3. The van der Waals surface area contributed by atoms with E-state index in [2.05, 4.69) is 17.1 Å². The third-order valence-electron chi connectivity index (χ3n) is 5.05. The highest BCUT2D eigenvalue weighted by Crippen LogP contribution is 2.34. The molecule has 1 amide bonds. The molecule has 24 heavy (non-hydrogen) atoms. The van der Waals surface area contributed by atoms with Crippen molar-refractivity contribution in [3.05, 3.63) is 54.4 Å². The molecule has 4 rings (SSSR count). The maximum absolute atomic E-state index is 13.1. The quantitative estimate of drug-likeness (QED) is 0.633. The zero-order chi connectivity index (χ0) is 16.5. The second kappa shape index (κ2) is 6.48. The van der Waals surface area contributed by atoms with Crippen molar-refractivity contribution in [1.29, 1.82) is 0 Å². The van der Waals surface area contributed by atoms with Crippen LogP contribution < -0.4 is 0 Å². The molecule has 1 aliphatic carbocycles. The molecule has 0 N–H and O–H groups in total. The van der Waals surface area contributed by atoms with Crippen LogP contribution in [-0.2, 0) is 0 Å². The van der Waals surface area contributed by atoms with E-state index in [1.54, 1.807) is 18.0 Å². The average molecular weight is 339 g/mol. The average Bonchev–Trinajstić information content (AvgIpc) is 3.25. The molecule has 2 atom stereocenters. The van der Waals surface area contributed by atoms with Crippen molar-refractivity contribution in [3.63, 3.8) is 0 Å². The first-order chi connectivity index (χ1) is 11.8. The molecule has 124 valence electrons. The number of benzene rings is 1. The first-order valence-corrected chi connectivity index (χ1v) is 9.62. The molecule has 1 aromatic heterocycles. The Kier molecular flexibility index (Phi) is 4.19. The summed E-state index contributed by atoms with van der Waals surface area (Å²) < 4.78 is 1.98. The van der Waals surface area contributed by atoms with Crippen LogP contribution in [0.5, 0.6) is 0 Å². The van der Waals surface area contributed by atoms with Crippen LogP contribution in [0.15, 0.2) is 53.8 Å². The first kappa shape index (κ1) is 15.5. The molecule has 0 saturated carbocycles. The number of nitrogens with zero attached hydrogens (tertiary/aromatic N) is 3. The number of allylic oxidation sites excluding steroid dienone is 2. The fourth-order valence-corrected chi connectivity index (χ4v) is 4.34. The molecule has 0 bridgehead atoms. The summed E-state index contributed by atoms with van der Waals surface area (Å²) >= 11 is 1.56. The van der Waals surface area contributed by atoms with E-state index in [-0.39, 0.29) is 5.91 Å². The maximum Gasteiger partial charge on any atom is 0.272 e. The van der Waals surface area contributed by atoms with Gasteiger partial charge in [-0.15, -0.1) is 0 Å². The van der Waals surface area contributed by atoms with Crippen molar-refractivity contribution in [2.75, 3.05) is 19.3 Å². The topological polar surface area (TPSA) is 38.1 Å². The van der Waals surface area contributed by atoms with Gasteiger partial charge in [-0.05, 0) is 43.1 Å². The lowest BCUT2D eigenvalue weighted by Crippen LogP contribution is -2.30. The van der Waals surface area contributed by atoms with Crippen molar-refractivity contribution in [2.24, 2.45) is 11.8 Å². The van der Waals surface area contributed by atoms with E-state index in [9.17, 15) is 4.79 Å². The van der Waals surface area contributed by atoms with Gasteiger partial charge in [0.05, 0.1) is 6.20 Å². The third kappa shape index (κ3) is 2.67. The Bertz CT molecular complexity index is 752. The summed E-state index contributed by atoms with van der Waals surface area (Å²) in [6.45, 7) is 1.73. The minimum Gasteiger partial charge on any atom is -0.337 e. The van der Waals surface area contributed by atoms with Crippen molar-refractivity contribution < 1.29 is 4.79 Å². The molecular formula is C19H21N3OS. The monoisotopic (exact) mass is 339 g/mol. The standard InChI is InChI=1S/C19H21N3OS/c1-24-19-20-11-17(22(19)16-9-3-2-4-10-16)18(23)21-12-14-7-5-6-8-15(14)13-21/h2-6,9-11,14-15H,7-8,12-13H2,1H3/t14-,15-/m1/s1. The summed E-state index contributed by atoms with van der Waals surface area (Å²) in [6, 6.07) is 10.0. The summed E-state index contributed by atoms with van der Waals surface area (Å²) in [5.74, 6) is 1.33. The van der Waals surface area contributed by atoms with E-state index in [0.717, 1.165) is 36.8 Å². The Morgan fingerprint density at radius 3 is 2.42 bits per heavy atom. The van der Waals surface area contributed by atoms with Crippen LogP contribution >= 0.6 is 11.8 Å². The van der Waals surface area contributed by atoms with Crippen LogP contribution in [0.25, 0.3) is 5.69 Å². The van der Waals surface area contributed by atoms with Gasteiger partial charge in [-0.2, -0.15) is 0 Å². The molecule has 0 radical (unpaired) electrons. The smallest absolute Gasteiger partial charge is 0.272 e. The molecule has 0 spiro atoms. The summed E-state index contributed by atoms with van der Waals surface area (Å²) in [5.41, 5.74) is 1.65. The molecule has 4 nitrogen and oxygen atoms in total. The van der Waals surface area contributed by atoms with Crippen molar-refractivity contribution >= 4 is 17.7 Å². The van der Waals surface area contributed by atoms with Gasteiger partial charge in [-0.25, -0.2) is 4.98 Å². The van der Waals surface area contributed by atoms with Gasteiger partial charge in [0.2, 0.25) is 0 Å². The predicted molar refractivity (Wildman–Crippen MR) is 96.6 cm³/mol. The normalized spacial score (nSPS) is 22.6. The fraction of sp³-hybridized carbons (Fsp3) is 0.368. The molecule has 1 saturated heterocycles. The number of para-hydroxylation sites is 1. The molecule has 5 heteroatoms. The Hall–Kier alpha value is -2.01. The second-order valence-electron chi connectivity index (χ2n) is 6.47. The molecule has 2 heterocycles. The number of aromatic nitrogens is 2. The number of rotatable bonds is 3. The molecule has 1 aliphatic heterocycles. The van der Waals surface area contributed by atoms with E-state index in [0.29, 0.717) is 17.5 Å². The van der Waals surface area contributed by atoms with E-state index in [1.165, 1.54) is 0 Å². The highest BCUT2D eigenvalue weighted by atomic mass is 32.2. The zero-order valence-electron chi connectivity index (χ0n) is 13.8. The van der Waals surface area contributed by atoms with Gasteiger partial charge in [-0.3, -0.25) is 9.36 Å². The van der Waals surface area contributed by atoms with Gasteiger partial charge in [0.1, 0.15) is 5.69 Å². The maximum atomic E-state index is 13.1. The number of carbonyl (C=O) groups excluding carboxylic acids is 1. The number of imidazole rings is 1. The van der Waals surface area contributed by atoms with Crippen molar-refractivity contribution in [2.45, 2.75) is 18.0 Å². The SMILES string of the molecule is CSc1ncc(C(=O)N2C[C@H]3CC=CC[C@@H]3C2)n1-c1ccccc1. The van der Waals surface area contributed by atoms with E-state index in [4.69, 9.17) is 0 Å². The minimum atomic E-state index is 0.0982. The first-order valence-electron chi connectivity index (χ1n) is 8.39. The summed E-state index contributed by atoms with van der Waals surface area (Å²) in [7, 11) is 0. The molecule has 0 unspecified atom stereocenters. The van der Waals surface area contributed by atoms with Gasteiger partial charge in [-0.1, -0.05) is 42.1 Å². The number of carbonyl (C=O) groups is 1. The van der Waals surface area contributed by atoms with Gasteiger partial charge < -0.3 is 4.90 Å². The van der Waals surface area contributed by atoms with Gasteiger partial charge >= 0.3 is 0 Å². The highest BCUT2D eigenvalue weighted by molar-refractivity contribution is 7.98. The number of fused-ring (bicyclic) bond motifs is 1. The van der Waals surface area contributed by atoms with Gasteiger partial charge in [0.15, 0.2) is 5.16 Å². The summed E-state index contributed by atoms with van der Waals surface area (Å²) in [4.78, 5) is 19.6. The molecule has 2 aromatic rings. The second-order valence-corrected chi connectivity index (χ2v) is 7.25. The molecule has 1 fully saturated rings. The number of amides is 1. The van der Waals surface area contributed by atoms with E-state index >= 15 is 0 Å². The van der Waals surface area contributed by atoms with Crippen LogP contribution in [0.4, 0.5) is 0 Å². The summed E-state index contributed by atoms with van der Waals surface area (Å²) in [5, 5.41) is 0.850. The Labute approximate surface area is 146 Å². The van der Waals surface area contributed by atoms with Crippen LogP contribution in [0.2, 0.25) is 0 Å². The minimum absolute atomic E-state index is 0.0982. The zero-order valence-corrected chi connectivity index (χ0v) is 14.6. The van der Waals surface area contributed by atoms with Crippen LogP contribution in [0.1, 0.15) is 23.3 Å². The summed E-state index contributed by atoms with van der Waals surface area (Å²) in [6.07, 6.45) is 10.4. The van der Waals surface area contributed by atoms with E-state index < -0.39 is 0 Å². The largest absolute Gasteiger partial charge is 0.337 e. The van der Waals surface area contributed by atoms with Crippen LogP contribution in [-0.4, -0.2) is 39.7 Å². The lowest BCUT2D eigenvalue weighted by Gasteiger charge is -2.18. The predicted octanol–water partition coefficient (Wildman–Crippen LogP) is 3.63. The van der Waals surface area contributed by atoms with Crippen molar-refractivity contribution in [3.8, 4) is 5.69 Å². The fourth-order valence-electron chi connectivity index (χ4n) is 3.80. The number of likely N-dealkylation sites (tertiary alicyclic amines) is 1. The number of thioether (sulfide) groups is 1. The van der Waals surface area contributed by atoms with Crippen LogP contribution in [0, 0.1) is 11.8 Å². The third-order valence-corrected chi connectivity index (χ3v) is 5.71.